The Balaban J connectivity index is 1.58. The van der Waals surface area contributed by atoms with Crippen LogP contribution < -0.4 is 0 Å². The van der Waals surface area contributed by atoms with Crippen LogP contribution >= 0.6 is 0 Å². The Morgan fingerprint density at radius 3 is 2.29 bits per heavy atom. The van der Waals surface area contributed by atoms with E-state index in [1.165, 1.54) is 51.4 Å². The van der Waals surface area contributed by atoms with Crippen molar-refractivity contribution in [3.8, 4) is 0 Å². The standard InChI is InChI=1S/C33H58O2/c1-11-23(30(5,6)34)13-12-22(2)24-16-20-33(9)26-14-15-27-29(3,4)28(35-10)18-19-31(27,7)25(26)17-21-32(24,33)8/h17,22-24,26-28,34H,11-16,18-21H2,1-10H3/t22-,23+,24-,26-,27+,28+,31-,32-,33+/m1/s1. The van der Waals surface area contributed by atoms with Gasteiger partial charge in [-0.25, -0.2) is 0 Å². The van der Waals surface area contributed by atoms with Crippen molar-refractivity contribution in [3.05, 3.63) is 11.6 Å². The first-order chi connectivity index (χ1) is 16.2. The summed E-state index contributed by atoms with van der Waals surface area (Å²) in [7, 11) is 1.93. The van der Waals surface area contributed by atoms with Gasteiger partial charge < -0.3 is 9.84 Å². The topological polar surface area (TPSA) is 29.5 Å². The summed E-state index contributed by atoms with van der Waals surface area (Å²) < 4.78 is 6.02. The minimum Gasteiger partial charge on any atom is -0.390 e. The third kappa shape index (κ3) is 4.10. The molecule has 4 aliphatic rings. The van der Waals surface area contributed by atoms with Gasteiger partial charge in [0, 0.05) is 7.11 Å². The molecule has 3 fully saturated rings. The van der Waals surface area contributed by atoms with Crippen LogP contribution in [0.15, 0.2) is 11.6 Å². The lowest BCUT2D eigenvalue weighted by Gasteiger charge is -2.64. The summed E-state index contributed by atoms with van der Waals surface area (Å²) in [5.74, 6) is 3.43. The molecule has 1 N–H and O–H groups in total. The molecular weight excluding hydrogens is 428 g/mol. The third-order valence-electron chi connectivity index (χ3n) is 13.2. The first-order valence-electron chi connectivity index (χ1n) is 15.1. The number of hydrogen-bond acceptors (Lipinski definition) is 2. The van der Waals surface area contributed by atoms with E-state index in [0.29, 0.717) is 28.3 Å². The number of ether oxygens (including phenoxy) is 1. The molecule has 0 aromatic rings. The van der Waals surface area contributed by atoms with Crippen molar-refractivity contribution in [2.45, 2.75) is 138 Å². The van der Waals surface area contributed by atoms with Crippen molar-refractivity contribution in [2.24, 2.45) is 51.2 Å². The Kier molecular flexibility index (Phi) is 7.23. The first kappa shape index (κ1) is 27.7. The van der Waals surface area contributed by atoms with Crippen molar-refractivity contribution in [2.75, 3.05) is 7.11 Å². The van der Waals surface area contributed by atoms with Gasteiger partial charge in [0.1, 0.15) is 0 Å². The molecule has 0 aromatic carbocycles. The highest BCUT2D eigenvalue weighted by Crippen LogP contribution is 2.73. The molecule has 0 aliphatic heterocycles. The highest BCUT2D eigenvalue weighted by atomic mass is 16.5. The van der Waals surface area contributed by atoms with E-state index in [2.05, 4.69) is 54.5 Å². The molecule has 0 amide bonds. The second-order valence-corrected chi connectivity index (χ2v) is 15.3. The van der Waals surface area contributed by atoms with E-state index in [1.54, 1.807) is 0 Å². The molecule has 0 bridgehead atoms. The molecule has 0 spiro atoms. The summed E-state index contributed by atoms with van der Waals surface area (Å²) in [5, 5.41) is 10.6. The molecule has 4 rings (SSSR count). The maximum absolute atomic E-state index is 10.6. The minimum absolute atomic E-state index is 0.248. The van der Waals surface area contributed by atoms with Gasteiger partial charge in [0.25, 0.3) is 0 Å². The van der Waals surface area contributed by atoms with Crippen LogP contribution in [-0.4, -0.2) is 23.9 Å². The van der Waals surface area contributed by atoms with Crippen LogP contribution in [0.4, 0.5) is 0 Å². The van der Waals surface area contributed by atoms with Crippen molar-refractivity contribution in [3.63, 3.8) is 0 Å². The van der Waals surface area contributed by atoms with Crippen molar-refractivity contribution in [1.82, 2.24) is 0 Å². The molecule has 3 saturated carbocycles. The van der Waals surface area contributed by atoms with E-state index in [1.807, 2.05) is 26.5 Å². The van der Waals surface area contributed by atoms with E-state index < -0.39 is 5.60 Å². The summed E-state index contributed by atoms with van der Waals surface area (Å²) in [4.78, 5) is 0. The average Bonchev–Trinajstić information content (AvgIpc) is 3.04. The van der Waals surface area contributed by atoms with Gasteiger partial charge in [-0.05, 0) is 116 Å². The van der Waals surface area contributed by atoms with Gasteiger partial charge >= 0.3 is 0 Å². The van der Waals surface area contributed by atoms with E-state index in [-0.39, 0.29) is 5.41 Å². The Hall–Kier alpha value is -0.340. The average molecular weight is 487 g/mol. The Bertz CT molecular complexity index is 804. The molecule has 202 valence electrons. The lowest BCUT2D eigenvalue weighted by atomic mass is 9.41. The summed E-state index contributed by atoms with van der Waals surface area (Å²) in [6, 6.07) is 0. The van der Waals surface area contributed by atoms with Crippen LogP contribution in [0, 0.1) is 51.2 Å². The molecule has 0 unspecified atom stereocenters. The second-order valence-electron chi connectivity index (χ2n) is 15.3. The van der Waals surface area contributed by atoms with Crippen molar-refractivity contribution in [1.29, 1.82) is 0 Å². The normalized spacial score (nSPS) is 44.6. The van der Waals surface area contributed by atoms with Gasteiger partial charge in [-0.15, -0.1) is 0 Å². The summed E-state index contributed by atoms with van der Waals surface area (Å²) in [6.07, 6.45) is 15.9. The number of fused-ring (bicyclic) bond motifs is 5. The van der Waals surface area contributed by atoms with E-state index >= 15 is 0 Å². The molecule has 35 heavy (non-hydrogen) atoms. The molecule has 4 aliphatic carbocycles. The molecule has 2 heteroatoms. The molecular formula is C33H58O2. The van der Waals surface area contributed by atoms with E-state index in [4.69, 9.17) is 4.74 Å². The molecule has 2 nitrogen and oxygen atoms in total. The molecule has 0 saturated heterocycles. The Morgan fingerprint density at radius 1 is 1.00 bits per heavy atom. The Morgan fingerprint density at radius 2 is 1.69 bits per heavy atom. The van der Waals surface area contributed by atoms with Crippen LogP contribution in [0.25, 0.3) is 0 Å². The maximum atomic E-state index is 10.6. The van der Waals surface area contributed by atoms with Crippen LogP contribution in [0.3, 0.4) is 0 Å². The Labute approximate surface area is 218 Å². The van der Waals surface area contributed by atoms with Gasteiger partial charge in [0.2, 0.25) is 0 Å². The summed E-state index contributed by atoms with van der Waals surface area (Å²) >= 11 is 0. The zero-order chi connectivity index (χ0) is 26.0. The largest absolute Gasteiger partial charge is 0.390 e. The van der Waals surface area contributed by atoms with E-state index in [9.17, 15) is 5.11 Å². The molecule has 0 aromatic heterocycles. The first-order valence-corrected chi connectivity index (χ1v) is 15.1. The van der Waals surface area contributed by atoms with Gasteiger partial charge in [-0.2, -0.15) is 0 Å². The number of hydrogen-bond donors (Lipinski definition) is 1. The summed E-state index contributed by atoms with van der Waals surface area (Å²) in [5.41, 5.74) is 2.70. The van der Waals surface area contributed by atoms with Gasteiger partial charge in [0.05, 0.1) is 11.7 Å². The van der Waals surface area contributed by atoms with Crippen LogP contribution in [-0.2, 0) is 4.74 Å². The van der Waals surface area contributed by atoms with Crippen molar-refractivity contribution >= 4 is 0 Å². The smallest absolute Gasteiger partial charge is 0.0625 e. The SMILES string of the molecule is CC[C@@H](CC[C@@H](C)[C@H]1CC[C@@]2(C)[C@@H]3CC[C@H]4C(C)(C)[C@@H](OC)CC[C@]4(C)C3=CC[C@]12C)C(C)(C)O. The zero-order valence-electron chi connectivity index (χ0n) is 25.0. The predicted octanol–water partition coefficient (Wildman–Crippen LogP) is 8.82. The molecule has 0 heterocycles. The maximum Gasteiger partial charge on any atom is 0.0625 e. The lowest BCUT2D eigenvalue weighted by molar-refractivity contribution is -0.130. The van der Waals surface area contributed by atoms with Crippen molar-refractivity contribution < 1.29 is 9.84 Å². The van der Waals surface area contributed by atoms with Gasteiger partial charge in [-0.1, -0.05) is 73.0 Å². The highest BCUT2D eigenvalue weighted by molar-refractivity contribution is 5.32. The summed E-state index contributed by atoms with van der Waals surface area (Å²) in [6.45, 7) is 21.8. The number of rotatable bonds is 7. The fourth-order valence-corrected chi connectivity index (χ4v) is 10.8. The predicted molar refractivity (Wildman–Crippen MR) is 148 cm³/mol. The van der Waals surface area contributed by atoms with Crippen LogP contribution in [0.1, 0.15) is 127 Å². The number of methoxy groups -OCH3 is 1. The van der Waals surface area contributed by atoms with Gasteiger partial charge in [-0.3, -0.25) is 0 Å². The minimum atomic E-state index is -0.561. The zero-order valence-corrected chi connectivity index (χ0v) is 25.0. The molecule has 0 radical (unpaired) electrons. The fourth-order valence-electron chi connectivity index (χ4n) is 10.8. The quantitative estimate of drug-likeness (QED) is 0.364. The monoisotopic (exact) mass is 486 g/mol. The van der Waals surface area contributed by atoms with Crippen LogP contribution in [0.5, 0.6) is 0 Å². The fraction of sp³-hybridized carbons (Fsp3) is 0.939. The lowest BCUT2D eigenvalue weighted by Crippen LogP contribution is -2.58. The number of allylic oxidation sites excluding steroid dienone is 2. The second kappa shape index (κ2) is 9.14. The number of aliphatic hydroxyl groups is 1. The third-order valence-corrected chi connectivity index (χ3v) is 13.2. The molecule has 9 atom stereocenters. The van der Waals surface area contributed by atoms with E-state index in [0.717, 1.165) is 36.5 Å². The van der Waals surface area contributed by atoms with Crippen LogP contribution in [0.2, 0.25) is 0 Å². The van der Waals surface area contributed by atoms with Gasteiger partial charge in [0.15, 0.2) is 0 Å². The highest BCUT2D eigenvalue weighted by Gasteiger charge is 2.65.